The number of rotatable bonds is 8. The highest BCUT2D eigenvalue weighted by molar-refractivity contribution is 5.70. The van der Waals surface area contributed by atoms with Gasteiger partial charge in [0.2, 0.25) is 0 Å². The van der Waals surface area contributed by atoms with Gasteiger partial charge in [-0.3, -0.25) is 9.59 Å². The average molecular weight is 218 g/mol. The van der Waals surface area contributed by atoms with Gasteiger partial charge in [-0.25, -0.2) is 0 Å². The number of carboxylic acids is 1. The molecule has 0 saturated heterocycles. The topological polar surface area (TPSA) is 83.8 Å². The van der Waals surface area contributed by atoms with Crippen molar-refractivity contribution in [2.75, 3.05) is 6.61 Å². The molecule has 0 rings (SSSR count). The van der Waals surface area contributed by atoms with Gasteiger partial charge in [0.05, 0.1) is 0 Å². The van der Waals surface area contributed by atoms with E-state index in [2.05, 4.69) is 0 Å². The lowest BCUT2D eigenvalue weighted by atomic mass is 10.2. The smallest absolute Gasteiger partial charge is 0.306 e. The van der Waals surface area contributed by atoms with Gasteiger partial charge in [0.25, 0.3) is 0 Å². The molecule has 0 aliphatic heterocycles. The summed E-state index contributed by atoms with van der Waals surface area (Å²) in [6, 6.07) is 0. The van der Waals surface area contributed by atoms with Crippen LogP contribution in [0.5, 0.6) is 0 Å². The third-order valence-electron chi connectivity index (χ3n) is 1.89. The molecular weight excluding hydrogens is 200 g/mol. The number of carbonyl (C=O) groups excluding carboxylic acids is 1. The zero-order valence-corrected chi connectivity index (χ0v) is 8.94. The van der Waals surface area contributed by atoms with Gasteiger partial charge in [-0.05, 0) is 19.8 Å². The quantitative estimate of drug-likeness (QED) is 0.468. The molecule has 0 amide bonds. The number of hydrogen-bond acceptors (Lipinski definition) is 4. The predicted octanol–water partition coefficient (Wildman–Crippen LogP) is 0.946. The van der Waals surface area contributed by atoms with Crippen LogP contribution in [-0.4, -0.2) is 34.9 Å². The van der Waals surface area contributed by atoms with Crippen LogP contribution in [0, 0.1) is 0 Å². The Morgan fingerprint density at radius 3 is 2.40 bits per heavy atom. The average Bonchev–Trinajstić information content (AvgIpc) is 2.12. The normalized spacial score (nSPS) is 12.1. The Bertz CT molecular complexity index is 202. The van der Waals surface area contributed by atoms with Gasteiger partial charge in [-0.1, -0.05) is 0 Å². The summed E-state index contributed by atoms with van der Waals surface area (Å²) in [6.45, 7) is 1.71. The largest absolute Gasteiger partial charge is 0.481 e. The first-order valence-corrected chi connectivity index (χ1v) is 5.08. The van der Waals surface area contributed by atoms with Crippen LogP contribution in [0.2, 0.25) is 0 Å². The van der Waals surface area contributed by atoms with E-state index in [0.717, 1.165) is 0 Å². The number of carboxylic acid groups (broad SMARTS) is 1. The second kappa shape index (κ2) is 8.23. The van der Waals surface area contributed by atoms with Gasteiger partial charge in [-0.15, -0.1) is 0 Å². The molecule has 1 unspecified atom stereocenters. The van der Waals surface area contributed by atoms with E-state index in [1.165, 1.54) is 0 Å². The fraction of sp³-hybridized carbons (Fsp3) is 0.800. The Labute approximate surface area is 89.0 Å². The van der Waals surface area contributed by atoms with Gasteiger partial charge < -0.3 is 14.9 Å². The Balaban J connectivity index is 3.44. The summed E-state index contributed by atoms with van der Waals surface area (Å²) >= 11 is 0. The van der Waals surface area contributed by atoms with Gasteiger partial charge in [0.1, 0.15) is 6.10 Å². The van der Waals surface area contributed by atoms with E-state index in [0.29, 0.717) is 19.3 Å². The Hall–Kier alpha value is -1.10. The molecule has 0 heterocycles. The molecule has 0 aliphatic carbocycles. The monoisotopic (exact) mass is 218 g/mol. The molecule has 5 nitrogen and oxygen atoms in total. The maximum atomic E-state index is 11.1. The second-order valence-corrected chi connectivity index (χ2v) is 3.41. The molecule has 0 aromatic rings. The minimum absolute atomic E-state index is 0.00649. The Morgan fingerprint density at radius 1 is 1.27 bits per heavy atom. The number of unbranched alkanes of at least 4 members (excludes halogenated alkanes) is 1. The number of esters is 1. The molecule has 0 aromatic heterocycles. The number of aliphatic hydroxyl groups excluding tert-OH is 1. The summed E-state index contributed by atoms with van der Waals surface area (Å²) in [4.78, 5) is 21.3. The molecule has 0 aromatic carbocycles. The molecule has 0 aliphatic rings. The van der Waals surface area contributed by atoms with Crippen molar-refractivity contribution in [3.8, 4) is 0 Å². The van der Waals surface area contributed by atoms with Crippen LogP contribution < -0.4 is 0 Å². The third-order valence-corrected chi connectivity index (χ3v) is 1.89. The predicted molar refractivity (Wildman–Crippen MR) is 53.4 cm³/mol. The van der Waals surface area contributed by atoms with Crippen molar-refractivity contribution in [2.24, 2.45) is 0 Å². The molecule has 0 spiro atoms. The van der Waals surface area contributed by atoms with Gasteiger partial charge in [0.15, 0.2) is 0 Å². The molecule has 0 bridgehead atoms. The Kier molecular flexibility index (Phi) is 7.62. The summed E-state index contributed by atoms with van der Waals surface area (Å²) in [5, 5.41) is 16.9. The van der Waals surface area contributed by atoms with Gasteiger partial charge in [0, 0.05) is 25.9 Å². The van der Waals surface area contributed by atoms with Crippen LogP contribution in [0.1, 0.15) is 39.0 Å². The van der Waals surface area contributed by atoms with Crippen LogP contribution >= 0.6 is 0 Å². The van der Waals surface area contributed by atoms with Crippen molar-refractivity contribution < 1.29 is 24.5 Å². The first kappa shape index (κ1) is 13.9. The van der Waals surface area contributed by atoms with Gasteiger partial charge in [-0.2, -0.15) is 0 Å². The maximum absolute atomic E-state index is 11.1. The van der Waals surface area contributed by atoms with E-state index >= 15 is 0 Å². The minimum atomic E-state index is -0.850. The highest BCUT2D eigenvalue weighted by Crippen LogP contribution is 2.04. The van der Waals surface area contributed by atoms with Crippen LogP contribution in [0.3, 0.4) is 0 Å². The van der Waals surface area contributed by atoms with Crippen LogP contribution in [0.15, 0.2) is 0 Å². The van der Waals surface area contributed by atoms with Crippen LogP contribution in [0.4, 0.5) is 0 Å². The Morgan fingerprint density at radius 2 is 1.87 bits per heavy atom. The lowest BCUT2D eigenvalue weighted by Gasteiger charge is -2.11. The molecule has 15 heavy (non-hydrogen) atoms. The minimum Gasteiger partial charge on any atom is -0.481 e. The number of ether oxygens (including phenoxy) is 1. The van der Waals surface area contributed by atoms with Crippen LogP contribution in [-0.2, 0) is 14.3 Å². The highest BCUT2D eigenvalue weighted by atomic mass is 16.5. The molecular formula is C10H18O5. The van der Waals surface area contributed by atoms with Crippen molar-refractivity contribution in [1.29, 1.82) is 0 Å². The molecule has 0 radical (unpaired) electrons. The number of aliphatic hydroxyl groups is 1. The summed E-state index contributed by atoms with van der Waals surface area (Å²) < 4.78 is 4.95. The van der Waals surface area contributed by atoms with E-state index in [1.807, 2.05) is 0 Å². The fourth-order valence-corrected chi connectivity index (χ4v) is 1.07. The molecule has 0 saturated carbocycles. The highest BCUT2D eigenvalue weighted by Gasteiger charge is 2.08. The first-order valence-electron chi connectivity index (χ1n) is 5.08. The van der Waals surface area contributed by atoms with Crippen molar-refractivity contribution in [2.45, 2.75) is 45.1 Å². The van der Waals surface area contributed by atoms with E-state index in [9.17, 15) is 9.59 Å². The molecule has 2 N–H and O–H groups in total. The maximum Gasteiger partial charge on any atom is 0.306 e. The van der Waals surface area contributed by atoms with Crippen molar-refractivity contribution in [1.82, 2.24) is 0 Å². The lowest BCUT2D eigenvalue weighted by molar-refractivity contribution is -0.149. The van der Waals surface area contributed by atoms with E-state index < -0.39 is 5.97 Å². The summed E-state index contributed by atoms with van der Waals surface area (Å²) in [7, 11) is 0. The summed E-state index contributed by atoms with van der Waals surface area (Å²) in [5.74, 6) is -1.18. The second-order valence-electron chi connectivity index (χ2n) is 3.41. The van der Waals surface area contributed by atoms with Gasteiger partial charge >= 0.3 is 11.9 Å². The standard InChI is InChI=1S/C10H18O5/c1-8(6-7-11)15-10(14)5-3-2-4-9(12)13/h8,11H,2-7H2,1H3,(H,12,13). The molecule has 1 atom stereocenters. The summed E-state index contributed by atoms with van der Waals surface area (Å²) in [5.41, 5.74) is 0. The number of hydrogen-bond donors (Lipinski definition) is 2. The molecule has 0 fully saturated rings. The zero-order valence-electron chi connectivity index (χ0n) is 8.94. The fourth-order valence-electron chi connectivity index (χ4n) is 1.07. The number of carbonyl (C=O) groups is 2. The number of aliphatic carboxylic acids is 1. The summed E-state index contributed by atoms with van der Waals surface area (Å²) in [6.07, 6.45) is 1.49. The van der Waals surface area contributed by atoms with E-state index in [4.69, 9.17) is 14.9 Å². The molecule has 88 valence electrons. The molecule has 5 heteroatoms. The van der Waals surface area contributed by atoms with Crippen molar-refractivity contribution in [3.05, 3.63) is 0 Å². The zero-order chi connectivity index (χ0) is 11.7. The van der Waals surface area contributed by atoms with Crippen molar-refractivity contribution >= 4 is 11.9 Å². The van der Waals surface area contributed by atoms with Crippen LogP contribution in [0.25, 0.3) is 0 Å². The SMILES string of the molecule is CC(CCO)OC(=O)CCCCC(=O)O. The van der Waals surface area contributed by atoms with E-state index in [-0.39, 0.29) is 31.5 Å². The first-order chi connectivity index (χ1) is 7.06. The van der Waals surface area contributed by atoms with Crippen molar-refractivity contribution in [3.63, 3.8) is 0 Å². The third kappa shape index (κ3) is 9.21. The lowest BCUT2D eigenvalue weighted by Crippen LogP contribution is -2.15. The van der Waals surface area contributed by atoms with E-state index in [1.54, 1.807) is 6.92 Å².